The summed E-state index contributed by atoms with van der Waals surface area (Å²) in [6, 6.07) is 0. The lowest BCUT2D eigenvalue weighted by molar-refractivity contribution is 0.156. The Morgan fingerprint density at radius 1 is 1.20 bits per heavy atom. The van der Waals surface area contributed by atoms with Crippen molar-refractivity contribution in [2.45, 2.75) is 46.0 Å². The van der Waals surface area contributed by atoms with Crippen LogP contribution in [0.4, 0.5) is 0 Å². The minimum absolute atomic E-state index is 0.583. The van der Waals surface area contributed by atoms with Crippen molar-refractivity contribution in [2.75, 3.05) is 33.2 Å². The van der Waals surface area contributed by atoms with Crippen molar-refractivity contribution >= 4 is 0 Å². The summed E-state index contributed by atoms with van der Waals surface area (Å²) in [6.07, 6.45) is 7.00. The molecule has 0 aliphatic heterocycles. The van der Waals surface area contributed by atoms with Crippen LogP contribution in [0, 0.1) is 5.41 Å². The first-order chi connectivity index (χ1) is 7.26. The molecule has 2 nitrogen and oxygen atoms in total. The zero-order valence-electron chi connectivity index (χ0n) is 10.8. The van der Waals surface area contributed by atoms with Crippen molar-refractivity contribution in [1.82, 2.24) is 10.2 Å². The maximum absolute atomic E-state index is 3.40. The first-order valence-electron chi connectivity index (χ1n) is 6.63. The molecule has 0 atom stereocenters. The second-order valence-corrected chi connectivity index (χ2v) is 5.11. The van der Waals surface area contributed by atoms with Crippen LogP contribution in [0.2, 0.25) is 0 Å². The molecule has 0 spiro atoms. The topological polar surface area (TPSA) is 15.3 Å². The Kier molecular flexibility index (Phi) is 5.62. The highest BCUT2D eigenvalue weighted by Gasteiger charge is 2.34. The van der Waals surface area contributed by atoms with E-state index in [0.717, 1.165) is 0 Å². The Balaban J connectivity index is 2.48. The van der Waals surface area contributed by atoms with Crippen molar-refractivity contribution in [3.63, 3.8) is 0 Å². The molecule has 15 heavy (non-hydrogen) atoms. The van der Waals surface area contributed by atoms with Gasteiger partial charge < -0.3 is 10.2 Å². The molecule has 0 bridgehead atoms. The van der Waals surface area contributed by atoms with Crippen LogP contribution in [0.15, 0.2) is 0 Å². The SMILES string of the molecule is CCCN(CC)CC1(CNC)CCCC1. The summed E-state index contributed by atoms with van der Waals surface area (Å²) in [7, 11) is 2.09. The van der Waals surface area contributed by atoms with Crippen LogP contribution >= 0.6 is 0 Å². The number of rotatable bonds is 7. The summed E-state index contributed by atoms with van der Waals surface area (Å²) in [6.45, 7) is 9.55. The largest absolute Gasteiger partial charge is 0.319 e. The Morgan fingerprint density at radius 3 is 2.33 bits per heavy atom. The fourth-order valence-electron chi connectivity index (χ4n) is 3.03. The number of hydrogen-bond acceptors (Lipinski definition) is 2. The molecule has 1 aliphatic carbocycles. The van der Waals surface area contributed by atoms with E-state index in [1.807, 2.05) is 0 Å². The zero-order valence-corrected chi connectivity index (χ0v) is 10.8. The first-order valence-corrected chi connectivity index (χ1v) is 6.63. The van der Waals surface area contributed by atoms with Gasteiger partial charge in [-0.25, -0.2) is 0 Å². The van der Waals surface area contributed by atoms with Crippen LogP contribution in [0.25, 0.3) is 0 Å². The lowest BCUT2D eigenvalue weighted by Crippen LogP contribution is -2.42. The summed E-state index contributed by atoms with van der Waals surface area (Å²) in [5.74, 6) is 0. The van der Waals surface area contributed by atoms with Gasteiger partial charge in [-0.1, -0.05) is 26.7 Å². The van der Waals surface area contributed by atoms with E-state index in [1.54, 1.807) is 0 Å². The second kappa shape index (κ2) is 6.49. The monoisotopic (exact) mass is 212 g/mol. The summed E-state index contributed by atoms with van der Waals surface area (Å²) in [5, 5.41) is 3.40. The lowest BCUT2D eigenvalue weighted by atomic mass is 9.85. The molecule has 0 heterocycles. The van der Waals surface area contributed by atoms with Gasteiger partial charge in [-0.2, -0.15) is 0 Å². The molecule has 0 radical (unpaired) electrons. The van der Waals surface area contributed by atoms with Crippen LogP contribution < -0.4 is 5.32 Å². The summed E-state index contributed by atoms with van der Waals surface area (Å²) < 4.78 is 0. The van der Waals surface area contributed by atoms with Gasteiger partial charge in [0.25, 0.3) is 0 Å². The molecule has 1 saturated carbocycles. The molecule has 1 aliphatic rings. The van der Waals surface area contributed by atoms with Crippen LogP contribution in [0.1, 0.15) is 46.0 Å². The predicted molar refractivity (Wildman–Crippen MR) is 67.2 cm³/mol. The van der Waals surface area contributed by atoms with E-state index in [1.165, 1.54) is 58.3 Å². The van der Waals surface area contributed by atoms with Gasteiger partial charge in [0.05, 0.1) is 0 Å². The molecule has 0 aromatic heterocycles. The third-order valence-corrected chi connectivity index (χ3v) is 3.76. The molecule has 0 saturated heterocycles. The fourth-order valence-corrected chi connectivity index (χ4v) is 3.03. The zero-order chi connectivity index (χ0) is 11.1. The summed E-state index contributed by atoms with van der Waals surface area (Å²) >= 11 is 0. The minimum Gasteiger partial charge on any atom is -0.319 e. The van der Waals surface area contributed by atoms with Crippen LogP contribution in [0.5, 0.6) is 0 Å². The molecule has 0 amide bonds. The van der Waals surface area contributed by atoms with E-state index in [0.29, 0.717) is 5.41 Å². The van der Waals surface area contributed by atoms with Crippen molar-refractivity contribution in [1.29, 1.82) is 0 Å². The maximum Gasteiger partial charge on any atom is 0.00500 e. The van der Waals surface area contributed by atoms with E-state index in [2.05, 4.69) is 31.1 Å². The molecule has 1 rings (SSSR count). The highest BCUT2D eigenvalue weighted by atomic mass is 15.1. The van der Waals surface area contributed by atoms with Gasteiger partial charge in [0, 0.05) is 13.1 Å². The van der Waals surface area contributed by atoms with E-state index in [-0.39, 0.29) is 0 Å². The maximum atomic E-state index is 3.40. The summed E-state index contributed by atoms with van der Waals surface area (Å²) in [5.41, 5.74) is 0.583. The van der Waals surface area contributed by atoms with Crippen molar-refractivity contribution < 1.29 is 0 Å². The molecular formula is C13H28N2. The van der Waals surface area contributed by atoms with Crippen molar-refractivity contribution in [2.24, 2.45) is 5.41 Å². The Labute approximate surface area is 95.4 Å². The van der Waals surface area contributed by atoms with E-state index >= 15 is 0 Å². The summed E-state index contributed by atoms with van der Waals surface area (Å²) in [4.78, 5) is 2.63. The van der Waals surface area contributed by atoms with Crippen molar-refractivity contribution in [3.8, 4) is 0 Å². The number of nitrogens with zero attached hydrogens (tertiary/aromatic N) is 1. The van der Waals surface area contributed by atoms with Gasteiger partial charge in [0.15, 0.2) is 0 Å². The van der Waals surface area contributed by atoms with Crippen LogP contribution in [-0.2, 0) is 0 Å². The molecule has 1 fully saturated rings. The lowest BCUT2D eigenvalue weighted by Gasteiger charge is -2.35. The van der Waals surface area contributed by atoms with E-state index in [9.17, 15) is 0 Å². The van der Waals surface area contributed by atoms with Gasteiger partial charge in [0.1, 0.15) is 0 Å². The van der Waals surface area contributed by atoms with E-state index in [4.69, 9.17) is 0 Å². The first kappa shape index (κ1) is 13.0. The number of hydrogen-bond donors (Lipinski definition) is 1. The molecular weight excluding hydrogens is 184 g/mol. The number of nitrogens with one attached hydrogen (secondary N) is 1. The fraction of sp³-hybridized carbons (Fsp3) is 1.00. The minimum atomic E-state index is 0.583. The average molecular weight is 212 g/mol. The Bertz CT molecular complexity index is 162. The van der Waals surface area contributed by atoms with Gasteiger partial charge in [-0.05, 0) is 44.8 Å². The second-order valence-electron chi connectivity index (χ2n) is 5.11. The van der Waals surface area contributed by atoms with Gasteiger partial charge in [-0.15, -0.1) is 0 Å². The molecule has 90 valence electrons. The third-order valence-electron chi connectivity index (χ3n) is 3.76. The standard InChI is InChI=1S/C13H28N2/c1-4-10-15(5-2)12-13(11-14-3)8-6-7-9-13/h14H,4-12H2,1-3H3. The smallest absolute Gasteiger partial charge is 0.00500 e. The highest BCUT2D eigenvalue weighted by molar-refractivity contribution is 4.88. The van der Waals surface area contributed by atoms with E-state index < -0.39 is 0 Å². The predicted octanol–water partition coefficient (Wildman–Crippen LogP) is 2.50. The van der Waals surface area contributed by atoms with Crippen LogP contribution in [-0.4, -0.2) is 38.1 Å². The Hall–Kier alpha value is -0.0800. The van der Waals surface area contributed by atoms with Gasteiger partial charge >= 0.3 is 0 Å². The molecule has 0 unspecified atom stereocenters. The van der Waals surface area contributed by atoms with Gasteiger partial charge in [-0.3, -0.25) is 0 Å². The normalized spacial score (nSPS) is 20.0. The molecule has 1 N–H and O–H groups in total. The average Bonchev–Trinajstić information content (AvgIpc) is 2.67. The van der Waals surface area contributed by atoms with Crippen LogP contribution in [0.3, 0.4) is 0 Å². The van der Waals surface area contributed by atoms with Crippen molar-refractivity contribution in [3.05, 3.63) is 0 Å². The molecule has 0 aromatic carbocycles. The quantitative estimate of drug-likeness (QED) is 0.697. The van der Waals surface area contributed by atoms with Gasteiger partial charge in [0.2, 0.25) is 0 Å². The highest BCUT2D eigenvalue weighted by Crippen LogP contribution is 2.38. The molecule has 0 aromatic rings. The Morgan fingerprint density at radius 2 is 1.87 bits per heavy atom. The molecule has 2 heteroatoms. The third kappa shape index (κ3) is 3.76.